The Labute approximate surface area is 166 Å². The van der Waals surface area contributed by atoms with Gasteiger partial charge in [-0.1, -0.05) is 0 Å². The summed E-state index contributed by atoms with van der Waals surface area (Å²) < 4.78 is 21.9. The van der Waals surface area contributed by atoms with Gasteiger partial charge in [-0.05, 0) is 45.3 Å². The Kier molecular flexibility index (Phi) is 3.63. The van der Waals surface area contributed by atoms with E-state index in [0.717, 1.165) is 45.3 Å². The van der Waals surface area contributed by atoms with Gasteiger partial charge in [0.1, 0.15) is 30.0 Å². The van der Waals surface area contributed by atoms with Crippen molar-refractivity contribution in [2.45, 2.75) is 61.3 Å². The number of halogens is 1. The Bertz CT molecular complexity index is 978. The molecule has 2 aromatic rings. The third-order valence-corrected chi connectivity index (χ3v) is 7.52. The lowest BCUT2D eigenvalue weighted by molar-refractivity contribution is -0.0950. The summed E-state index contributed by atoms with van der Waals surface area (Å²) >= 11 is 0. The number of nitrogens with two attached hydrogens (primary N) is 1. The molecule has 0 aromatic carbocycles. The van der Waals surface area contributed by atoms with Crippen LogP contribution in [0.25, 0.3) is 11.0 Å². The lowest BCUT2D eigenvalue weighted by atomic mass is 9.85. The SMILES string of the molecule is Nc1ncnc2c1c(F)cn2[C@@H]1O[C@@H]2C(N3CCCC34CCNCC4)[C@]2(O)[C@H]1O. The molecule has 0 amide bonds. The fourth-order valence-corrected chi connectivity index (χ4v) is 6.03. The smallest absolute Gasteiger partial charge is 0.164 e. The number of aliphatic hydroxyl groups excluding tert-OH is 1. The van der Waals surface area contributed by atoms with Crippen molar-refractivity contribution in [3.63, 3.8) is 0 Å². The Morgan fingerprint density at radius 1 is 1.28 bits per heavy atom. The summed E-state index contributed by atoms with van der Waals surface area (Å²) in [5, 5.41) is 25.9. The van der Waals surface area contributed by atoms with Crippen LogP contribution in [0.4, 0.5) is 10.2 Å². The topological polar surface area (TPSA) is 122 Å². The van der Waals surface area contributed by atoms with Gasteiger partial charge in [0.2, 0.25) is 0 Å². The summed E-state index contributed by atoms with van der Waals surface area (Å²) in [4.78, 5) is 10.3. The van der Waals surface area contributed by atoms with Gasteiger partial charge in [-0.15, -0.1) is 0 Å². The first-order chi connectivity index (χ1) is 14.0. The first-order valence-electron chi connectivity index (χ1n) is 10.3. The van der Waals surface area contributed by atoms with Crippen LogP contribution in [0.1, 0.15) is 31.9 Å². The molecular formula is C19H25FN6O3. The molecule has 5 heterocycles. The molecule has 29 heavy (non-hydrogen) atoms. The predicted octanol–water partition coefficient (Wildman–Crippen LogP) is -0.258. The van der Waals surface area contributed by atoms with E-state index >= 15 is 0 Å². The maximum atomic E-state index is 14.4. The molecule has 5 atom stereocenters. The van der Waals surface area contributed by atoms with Crippen molar-refractivity contribution >= 4 is 16.9 Å². The lowest BCUT2D eigenvalue weighted by Gasteiger charge is -2.43. The molecule has 3 aliphatic heterocycles. The molecule has 156 valence electrons. The maximum Gasteiger partial charge on any atom is 0.164 e. The number of aromatic nitrogens is 3. The molecule has 1 saturated carbocycles. The second-order valence-corrected chi connectivity index (χ2v) is 8.84. The van der Waals surface area contributed by atoms with Gasteiger partial charge in [-0.2, -0.15) is 0 Å². The van der Waals surface area contributed by atoms with E-state index in [9.17, 15) is 14.6 Å². The fraction of sp³-hybridized carbons (Fsp3) is 0.684. The average molecular weight is 404 g/mol. The number of rotatable bonds is 2. The van der Waals surface area contributed by atoms with E-state index in [1.807, 2.05) is 0 Å². The van der Waals surface area contributed by atoms with Crippen LogP contribution in [0.2, 0.25) is 0 Å². The van der Waals surface area contributed by atoms with Crippen molar-refractivity contribution in [1.29, 1.82) is 0 Å². The number of fused-ring (bicyclic) bond motifs is 2. The minimum absolute atomic E-state index is 0.0328. The maximum absolute atomic E-state index is 14.4. The highest BCUT2D eigenvalue weighted by atomic mass is 19.1. The number of hydrogen-bond donors (Lipinski definition) is 4. The second-order valence-electron chi connectivity index (χ2n) is 8.84. The zero-order valence-electron chi connectivity index (χ0n) is 16.0. The van der Waals surface area contributed by atoms with Crippen LogP contribution in [0.3, 0.4) is 0 Å². The van der Waals surface area contributed by atoms with Gasteiger partial charge in [0.15, 0.2) is 17.7 Å². The van der Waals surface area contributed by atoms with Crippen LogP contribution >= 0.6 is 0 Å². The van der Waals surface area contributed by atoms with Crippen LogP contribution in [0, 0.1) is 5.82 Å². The predicted molar refractivity (Wildman–Crippen MR) is 101 cm³/mol. The number of nitrogen functional groups attached to an aromatic ring is 1. The molecule has 4 aliphatic rings. The summed E-state index contributed by atoms with van der Waals surface area (Å²) in [6.07, 6.45) is 4.10. The molecule has 0 radical (unpaired) electrons. The highest BCUT2D eigenvalue weighted by molar-refractivity contribution is 5.86. The molecular weight excluding hydrogens is 379 g/mol. The van der Waals surface area contributed by atoms with Crippen LogP contribution in [-0.2, 0) is 4.74 Å². The van der Waals surface area contributed by atoms with Crippen molar-refractivity contribution in [3.8, 4) is 0 Å². The molecule has 2 aromatic heterocycles. The van der Waals surface area contributed by atoms with E-state index in [0.29, 0.717) is 0 Å². The highest BCUT2D eigenvalue weighted by Crippen LogP contribution is 2.59. The molecule has 10 heteroatoms. The summed E-state index contributed by atoms with van der Waals surface area (Å²) in [5.74, 6) is -0.545. The number of ether oxygens (including phenoxy) is 1. The van der Waals surface area contributed by atoms with Crippen LogP contribution in [0.15, 0.2) is 12.5 Å². The number of likely N-dealkylation sites (tertiary alicyclic amines) is 1. The van der Waals surface area contributed by atoms with E-state index in [2.05, 4.69) is 20.2 Å². The standard InChI is InChI=1S/C19H25FN6O3/c20-10-8-25(16-11(10)15(21)23-9-24-16)17-13(27)19(28)12(14(19)29-17)26-7-1-2-18(26)3-5-22-6-4-18/h8-9,12-14,17,22,27-28H,1-7H2,(H2,21,23,24)/t12?,13-,14+,17+,19-/m0/s1. The van der Waals surface area contributed by atoms with E-state index in [-0.39, 0.29) is 28.4 Å². The van der Waals surface area contributed by atoms with Crippen LogP contribution in [0.5, 0.6) is 0 Å². The third kappa shape index (κ3) is 2.21. The van der Waals surface area contributed by atoms with E-state index in [1.54, 1.807) is 0 Å². The molecule has 4 fully saturated rings. The quantitative estimate of drug-likeness (QED) is 0.540. The van der Waals surface area contributed by atoms with Gasteiger partial charge in [0.05, 0.1) is 11.4 Å². The summed E-state index contributed by atoms with van der Waals surface area (Å²) in [6.45, 7) is 2.83. The Hall–Kier alpha value is -1.85. The van der Waals surface area contributed by atoms with Crippen molar-refractivity contribution in [2.75, 3.05) is 25.4 Å². The number of piperidine rings is 1. The van der Waals surface area contributed by atoms with Crippen LogP contribution in [-0.4, -0.2) is 78.7 Å². The van der Waals surface area contributed by atoms with Crippen molar-refractivity contribution in [3.05, 3.63) is 18.3 Å². The van der Waals surface area contributed by atoms with Gasteiger partial charge >= 0.3 is 0 Å². The largest absolute Gasteiger partial charge is 0.385 e. The third-order valence-electron chi connectivity index (χ3n) is 7.52. The Morgan fingerprint density at radius 2 is 2.07 bits per heavy atom. The molecule has 1 aliphatic carbocycles. The molecule has 9 nitrogen and oxygen atoms in total. The number of hydrogen-bond acceptors (Lipinski definition) is 8. The molecule has 1 spiro atoms. The Morgan fingerprint density at radius 3 is 2.79 bits per heavy atom. The molecule has 3 saturated heterocycles. The van der Waals surface area contributed by atoms with Crippen molar-refractivity contribution in [1.82, 2.24) is 24.8 Å². The van der Waals surface area contributed by atoms with E-state index < -0.39 is 29.9 Å². The zero-order chi connectivity index (χ0) is 20.0. The molecule has 0 bridgehead atoms. The fourth-order valence-electron chi connectivity index (χ4n) is 6.03. The number of aliphatic hydroxyl groups is 2. The summed E-state index contributed by atoms with van der Waals surface area (Å²) in [6, 6.07) is -0.235. The molecule has 1 unspecified atom stereocenters. The van der Waals surface area contributed by atoms with E-state index in [1.165, 1.54) is 17.1 Å². The Balaban J connectivity index is 1.31. The van der Waals surface area contributed by atoms with E-state index in [4.69, 9.17) is 10.5 Å². The molecule has 5 N–H and O–H groups in total. The summed E-state index contributed by atoms with van der Waals surface area (Å²) in [5.41, 5.74) is 4.74. The zero-order valence-corrected chi connectivity index (χ0v) is 16.0. The van der Waals surface area contributed by atoms with Gasteiger partial charge in [0, 0.05) is 11.7 Å². The average Bonchev–Trinajstić information content (AvgIpc) is 3.00. The monoisotopic (exact) mass is 404 g/mol. The minimum atomic E-state index is -1.36. The van der Waals surface area contributed by atoms with Gasteiger partial charge < -0.3 is 30.6 Å². The van der Waals surface area contributed by atoms with Crippen molar-refractivity contribution in [2.24, 2.45) is 0 Å². The van der Waals surface area contributed by atoms with Crippen molar-refractivity contribution < 1.29 is 19.3 Å². The lowest BCUT2D eigenvalue weighted by Crippen LogP contribution is -2.55. The van der Waals surface area contributed by atoms with Gasteiger partial charge in [0.25, 0.3) is 0 Å². The summed E-state index contributed by atoms with van der Waals surface area (Å²) in [7, 11) is 0. The van der Waals surface area contributed by atoms with Gasteiger partial charge in [-0.3, -0.25) is 4.90 Å². The van der Waals surface area contributed by atoms with Gasteiger partial charge in [-0.25, -0.2) is 14.4 Å². The number of anilines is 1. The highest BCUT2D eigenvalue weighted by Gasteiger charge is 2.79. The first kappa shape index (κ1) is 18.0. The molecule has 6 rings (SSSR count). The number of nitrogens with one attached hydrogen (secondary N) is 1. The van der Waals surface area contributed by atoms with Crippen LogP contribution < -0.4 is 11.1 Å². The first-order valence-corrected chi connectivity index (χ1v) is 10.3. The number of nitrogens with zero attached hydrogens (tertiary/aromatic N) is 4. The minimum Gasteiger partial charge on any atom is -0.385 e. The normalized spacial score (nSPS) is 38.7. The second kappa shape index (κ2) is 5.86.